The highest BCUT2D eigenvalue weighted by atomic mass is 16.5. The van der Waals surface area contributed by atoms with E-state index in [9.17, 15) is 9.59 Å². The van der Waals surface area contributed by atoms with Gasteiger partial charge in [-0.05, 0) is 36.4 Å². The van der Waals surface area contributed by atoms with Gasteiger partial charge in [0.25, 0.3) is 5.91 Å². The number of methoxy groups -OCH3 is 1. The number of carbonyl (C=O) groups is 2. The number of carboxylic acids is 1. The molecule has 0 aliphatic carbocycles. The molecule has 0 spiro atoms. The van der Waals surface area contributed by atoms with Crippen molar-refractivity contribution in [2.75, 3.05) is 12.4 Å². The van der Waals surface area contributed by atoms with Crippen molar-refractivity contribution in [1.29, 1.82) is 0 Å². The zero-order valence-electron chi connectivity index (χ0n) is 10.8. The number of anilines is 1. The highest BCUT2D eigenvalue weighted by molar-refractivity contribution is 6.04. The van der Waals surface area contributed by atoms with Gasteiger partial charge in [-0.25, -0.2) is 4.79 Å². The average Bonchev–Trinajstić information content (AvgIpc) is 2.47. The minimum absolute atomic E-state index is 0.142. The SMILES string of the molecule is COc1cccc(NC(=O)c2ccc(C(=O)O)cc2)c1. The number of hydrogen-bond acceptors (Lipinski definition) is 3. The number of carboxylic acid groups (broad SMARTS) is 1. The number of carbonyl (C=O) groups excluding carboxylic acids is 1. The molecule has 20 heavy (non-hydrogen) atoms. The van der Waals surface area contributed by atoms with Crippen molar-refractivity contribution in [1.82, 2.24) is 0 Å². The second-order valence-electron chi connectivity index (χ2n) is 4.07. The normalized spacial score (nSPS) is 9.85. The van der Waals surface area contributed by atoms with Crippen LogP contribution >= 0.6 is 0 Å². The molecule has 5 nitrogen and oxygen atoms in total. The van der Waals surface area contributed by atoms with E-state index in [-0.39, 0.29) is 11.5 Å². The molecule has 0 atom stereocenters. The van der Waals surface area contributed by atoms with Gasteiger partial charge in [0.05, 0.1) is 12.7 Å². The number of rotatable bonds is 4. The molecule has 0 saturated heterocycles. The first-order chi connectivity index (χ1) is 9.60. The Morgan fingerprint density at radius 1 is 1.05 bits per heavy atom. The summed E-state index contributed by atoms with van der Waals surface area (Å²) in [5.74, 6) is -0.691. The third kappa shape index (κ3) is 3.14. The van der Waals surface area contributed by atoms with E-state index in [1.165, 1.54) is 24.3 Å². The summed E-state index contributed by atoms with van der Waals surface area (Å²) in [5.41, 5.74) is 1.14. The zero-order valence-corrected chi connectivity index (χ0v) is 10.8. The van der Waals surface area contributed by atoms with Gasteiger partial charge < -0.3 is 15.2 Å². The Balaban J connectivity index is 2.13. The van der Waals surface area contributed by atoms with Crippen LogP contribution in [0.2, 0.25) is 0 Å². The van der Waals surface area contributed by atoms with Gasteiger partial charge in [-0.2, -0.15) is 0 Å². The van der Waals surface area contributed by atoms with Crippen LogP contribution in [-0.4, -0.2) is 24.1 Å². The molecule has 0 aromatic heterocycles. The molecule has 0 aliphatic heterocycles. The summed E-state index contributed by atoms with van der Waals surface area (Å²) < 4.78 is 5.07. The van der Waals surface area contributed by atoms with Crippen LogP contribution in [0.1, 0.15) is 20.7 Å². The van der Waals surface area contributed by atoms with Gasteiger partial charge in [0.1, 0.15) is 5.75 Å². The van der Waals surface area contributed by atoms with Crippen molar-refractivity contribution < 1.29 is 19.4 Å². The Morgan fingerprint density at radius 3 is 2.30 bits per heavy atom. The third-order valence-electron chi connectivity index (χ3n) is 2.72. The van der Waals surface area contributed by atoms with Crippen molar-refractivity contribution in [3.05, 3.63) is 59.7 Å². The molecule has 2 aromatic carbocycles. The molecule has 0 bridgehead atoms. The maximum Gasteiger partial charge on any atom is 0.335 e. The van der Waals surface area contributed by atoms with Gasteiger partial charge in [0.2, 0.25) is 0 Å². The molecule has 0 heterocycles. The molecule has 0 aliphatic rings. The van der Waals surface area contributed by atoms with Gasteiger partial charge in [-0.3, -0.25) is 4.79 Å². The predicted molar refractivity (Wildman–Crippen MR) is 74.3 cm³/mol. The smallest absolute Gasteiger partial charge is 0.335 e. The highest BCUT2D eigenvalue weighted by Gasteiger charge is 2.08. The number of amides is 1. The highest BCUT2D eigenvalue weighted by Crippen LogP contribution is 2.17. The first kappa shape index (κ1) is 13.6. The monoisotopic (exact) mass is 271 g/mol. The molecular weight excluding hydrogens is 258 g/mol. The summed E-state index contributed by atoms with van der Waals surface area (Å²) in [5, 5.41) is 11.5. The second-order valence-corrected chi connectivity index (χ2v) is 4.07. The van der Waals surface area contributed by atoms with Crippen LogP contribution in [0.5, 0.6) is 5.75 Å². The molecule has 5 heteroatoms. The summed E-state index contributed by atoms with van der Waals surface area (Å²) in [7, 11) is 1.55. The standard InChI is InChI=1S/C15H13NO4/c1-20-13-4-2-3-12(9-13)16-14(17)10-5-7-11(8-6-10)15(18)19/h2-9H,1H3,(H,16,17)(H,18,19). The van der Waals surface area contributed by atoms with Crippen LogP contribution in [0.4, 0.5) is 5.69 Å². The average molecular weight is 271 g/mol. The second kappa shape index (κ2) is 5.88. The Kier molecular flexibility index (Phi) is 4.00. The predicted octanol–water partition coefficient (Wildman–Crippen LogP) is 2.65. The summed E-state index contributed by atoms with van der Waals surface area (Å²) in [6, 6.07) is 12.7. The van der Waals surface area contributed by atoms with Crippen LogP contribution in [-0.2, 0) is 0 Å². The van der Waals surface area contributed by atoms with E-state index in [1.54, 1.807) is 31.4 Å². The van der Waals surface area contributed by atoms with Gasteiger partial charge in [0, 0.05) is 17.3 Å². The van der Waals surface area contributed by atoms with E-state index in [1.807, 2.05) is 0 Å². The lowest BCUT2D eigenvalue weighted by Crippen LogP contribution is -2.12. The Labute approximate surface area is 115 Å². The first-order valence-corrected chi connectivity index (χ1v) is 5.89. The van der Waals surface area contributed by atoms with E-state index in [4.69, 9.17) is 9.84 Å². The number of hydrogen-bond donors (Lipinski definition) is 2. The molecule has 0 fully saturated rings. The number of aromatic carboxylic acids is 1. The quantitative estimate of drug-likeness (QED) is 0.896. The molecular formula is C15H13NO4. The zero-order chi connectivity index (χ0) is 14.5. The first-order valence-electron chi connectivity index (χ1n) is 5.89. The Morgan fingerprint density at radius 2 is 1.70 bits per heavy atom. The summed E-state index contributed by atoms with van der Waals surface area (Å²) >= 11 is 0. The molecule has 1 amide bonds. The maximum atomic E-state index is 12.0. The summed E-state index contributed by atoms with van der Waals surface area (Å²) in [6.07, 6.45) is 0. The third-order valence-corrected chi connectivity index (χ3v) is 2.72. The van der Waals surface area contributed by atoms with Crippen molar-refractivity contribution >= 4 is 17.6 Å². The van der Waals surface area contributed by atoms with Crippen molar-refractivity contribution in [3.8, 4) is 5.75 Å². The topological polar surface area (TPSA) is 75.6 Å². The number of ether oxygens (including phenoxy) is 1. The van der Waals surface area contributed by atoms with E-state index >= 15 is 0 Å². The number of nitrogens with one attached hydrogen (secondary N) is 1. The lowest BCUT2D eigenvalue weighted by atomic mass is 10.1. The van der Waals surface area contributed by atoms with Crippen LogP contribution in [0.15, 0.2) is 48.5 Å². The van der Waals surface area contributed by atoms with E-state index in [0.717, 1.165) is 0 Å². The Bertz CT molecular complexity index is 635. The molecule has 102 valence electrons. The van der Waals surface area contributed by atoms with Gasteiger partial charge in [0.15, 0.2) is 0 Å². The van der Waals surface area contributed by atoms with E-state index in [2.05, 4.69) is 5.32 Å². The van der Waals surface area contributed by atoms with Crippen LogP contribution in [0, 0.1) is 0 Å². The van der Waals surface area contributed by atoms with Crippen molar-refractivity contribution in [2.45, 2.75) is 0 Å². The van der Waals surface area contributed by atoms with Gasteiger partial charge in [-0.1, -0.05) is 6.07 Å². The van der Waals surface area contributed by atoms with E-state index < -0.39 is 5.97 Å². The molecule has 2 rings (SSSR count). The fourth-order valence-corrected chi connectivity index (χ4v) is 1.67. The largest absolute Gasteiger partial charge is 0.497 e. The fourth-order valence-electron chi connectivity index (χ4n) is 1.67. The summed E-state index contributed by atoms with van der Waals surface area (Å²) in [4.78, 5) is 22.7. The maximum absolute atomic E-state index is 12.0. The Hall–Kier alpha value is -2.82. The van der Waals surface area contributed by atoms with Gasteiger partial charge in [-0.15, -0.1) is 0 Å². The number of benzene rings is 2. The molecule has 2 N–H and O–H groups in total. The van der Waals surface area contributed by atoms with Crippen LogP contribution < -0.4 is 10.1 Å². The van der Waals surface area contributed by atoms with Gasteiger partial charge >= 0.3 is 5.97 Å². The minimum atomic E-state index is -1.02. The summed E-state index contributed by atoms with van der Waals surface area (Å²) in [6.45, 7) is 0. The molecule has 0 unspecified atom stereocenters. The molecule has 0 saturated carbocycles. The lowest BCUT2D eigenvalue weighted by molar-refractivity contribution is 0.0696. The fraction of sp³-hybridized carbons (Fsp3) is 0.0667. The van der Waals surface area contributed by atoms with Crippen LogP contribution in [0.3, 0.4) is 0 Å². The van der Waals surface area contributed by atoms with Crippen molar-refractivity contribution in [3.63, 3.8) is 0 Å². The molecule has 2 aromatic rings. The van der Waals surface area contributed by atoms with Crippen LogP contribution in [0.25, 0.3) is 0 Å². The minimum Gasteiger partial charge on any atom is -0.497 e. The molecule has 0 radical (unpaired) electrons. The lowest BCUT2D eigenvalue weighted by Gasteiger charge is -2.07. The van der Waals surface area contributed by atoms with Crippen molar-refractivity contribution in [2.24, 2.45) is 0 Å². The van der Waals surface area contributed by atoms with E-state index in [0.29, 0.717) is 17.0 Å².